The summed E-state index contributed by atoms with van der Waals surface area (Å²) >= 11 is 0. The summed E-state index contributed by atoms with van der Waals surface area (Å²) in [5.41, 5.74) is 11.6. The lowest BCUT2D eigenvalue weighted by Gasteiger charge is -2.08. The molecule has 0 fully saturated rings. The van der Waals surface area contributed by atoms with Gasteiger partial charge in [0.25, 0.3) is 0 Å². The molecule has 0 aliphatic carbocycles. The van der Waals surface area contributed by atoms with Crippen molar-refractivity contribution >= 4 is 11.3 Å². The Hall–Kier alpha value is -2.67. The van der Waals surface area contributed by atoms with Gasteiger partial charge >= 0.3 is 0 Å². The van der Waals surface area contributed by atoms with Gasteiger partial charge in [0, 0.05) is 24.8 Å². The van der Waals surface area contributed by atoms with Crippen LogP contribution in [0.5, 0.6) is 0 Å². The third kappa shape index (κ3) is 3.41. The van der Waals surface area contributed by atoms with Gasteiger partial charge in [-0.25, -0.2) is 9.50 Å². The van der Waals surface area contributed by atoms with Crippen molar-refractivity contribution in [2.24, 2.45) is 5.73 Å². The zero-order chi connectivity index (χ0) is 17.8. The molecular formula is C18H25N7. The van der Waals surface area contributed by atoms with Crippen LogP contribution in [0.25, 0.3) is 11.3 Å². The number of nitrogens with one attached hydrogen (secondary N) is 1. The van der Waals surface area contributed by atoms with Crippen LogP contribution in [-0.4, -0.2) is 30.9 Å². The van der Waals surface area contributed by atoms with Crippen LogP contribution in [0.2, 0.25) is 0 Å². The van der Waals surface area contributed by atoms with Gasteiger partial charge in [0.05, 0.1) is 17.9 Å². The molecule has 25 heavy (non-hydrogen) atoms. The first kappa shape index (κ1) is 17.2. The van der Waals surface area contributed by atoms with E-state index in [2.05, 4.69) is 42.0 Å². The Kier molecular flexibility index (Phi) is 5.14. The van der Waals surface area contributed by atoms with E-state index in [1.54, 1.807) is 10.8 Å². The van der Waals surface area contributed by atoms with E-state index in [-0.39, 0.29) is 0 Å². The molecule has 0 saturated carbocycles. The summed E-state index contributed by atoms with van der Waals surface area (Å²) in [7, 11) is 0. The van der Waals surface area contributed by atoms with Crippen LogP contribution in [0.15, 0.2) is 31.2 Å². The Morgan fingerprint density at radius 1 is 1.28 bits per heavy atom. The first-order valence-electron chi connectivity index (χ1n) is 8.67. The lowest BCUT2D eigenvalue weighted by atomic mass is 10.1. The number of hydrogen-bond donors (Lipinski definition) is 2. The quantitative estimate of drug-likeness (QED) is 0.655. The molecule has 3 N–H and O–H groups in total. The fraction of sp³-hybridized carbons (Fsp3) is 0.389. The average molecular weight is 339 g/mol. The first-order chi connectivity index (χ1) is 12.2. The maximum atomic E-state index is 5.77. The minimum Gasteiger partial charge on any atom is -0.384 e. The SMILES string of the molecule is C=C(NCCC)c1nn(Cc2ccc(CN)n3ncnc23)cc1CC. The second-order valence-corrected chi connectivity index (χ2v) is 6.01. The summed E-state index contributed by atoms with van der Waals surface area (Å²) in [6, 6.07) is 4.03. The predicted molar refractivity (Wildman–Crippen MR) is 98.9 cm³/mol. The predicted octanol–water partition coefficient (Wildman–Crippen LogP) is 1.97. The largest absolute Gasteiger partial charge is 0.384 e. The van der Waals surface area contributed by atoms with Gasteiger partial charge in [-0.05, 0) is 24.5 Å². The molecule has 0 unspecified atom stereocenters. The van der Waals surface area contributed by atoms with E-state index in [1.165, 1.54) is 5.56 Å². The lowest BCUT2D eigenvalue weighted by Crippen LogP contribution is -2.14. The number of nitrogens with two attached hydrogens (primary N) is 1. The minimum atomic E-state index is 0.426. The van der Waals surface area contributed by atoms with E-state index in [9.17, 15) is 0 Å². The van der Waals surface area contributed by atoms with Gasteiger partial charge in [-0.2, -0.15) is 10.2 Å². The smallest absolute Gasteiger partial charge is 0.160 e. The molecule has 0 radical (unpaired) electrons. The van der Waals surface area contributed by atoms with Gasteiger partial charge < -0.3 is 11.1 Å². The molecule has 0 aromatic carbocycles. The Labute approximate surface area is 147 Å². The number of pyridine rings is 1. The van der Waals surface area contributed by atoms with E-state index >= 15 is 0 Å². The summed E-state index contributed by atoms with van der Waals surface area (Å²) in [5, 5.41) is 12.3. The van der Waals surface area contributed by atoms with Crippen molar-refractivity contribution in [2.45, 2.75) is 39.8 Å². The first-order valence-corrected chi connectivity index (χ1v) is 8.67. The van der Waals surface area contributed by atoms with Gasteiger partial charge in [0.2, 0.25) is 0 Å². The summed E-state index contributed by atoms with van der Waals surface area (Å²) in [4.78, 5) is 4.37. The molecule has 0 atom stereocenters. The molecule has 7 nitrogen and oxygen atoms in total. The Morgan fingerprint density at radius 2 is 2.12 bits per heavy atom. The molecule has 3 heterocycles. The minimum absolute atomic E-state index is 0.426. The van der Waals surface area contributed by atoms with Crippen molar-refractivity contribution < 1.29 is 0 Å². The molecule has 0 amide bonds. The summed E-state index contributed by atoms with van der Waals surface area (Å²) < 4.78 is 3.74. The zero-order valence-electron chi connectivity index (χ0n) is 14.9. The molecule has 7 heteroatoms. The van der Waals surface area contributed by atoms with Crippen LogP contribution in [0.3, 0.4) is 0 Å². The highest BCUT2D eigenvalue weighted by atomic mass is 15.3. The van der Waals surface area contributed by atoms with Crippen LogP contribution in [-0.2, 0) is 19.5 Å². The van der Waals surface area contributed by atoms with Crippen molar-refractivity contribution in [1.29, 1.82) is 0 Å². The highest BCUT2D eigenvalue weighted by molar-refractivity contribution is 5.61. The van der Waals surface area contributed by atoms with Gasteiger partial charge in [-0.3, -0.25) is 4.68 Å². The molecule has 0 bridgehead atoms. The van der Waals surface area contributed by atoms with Gasteiger partial charge in [-0.1, -0.05) is 26.5 Å². The van der Waals surface area contributed by atoms with E-state index in [0.29, 0.717) is 13.1 Å². The highest BCUT2D eigenvalue weighted by Gasteiger charge is 2.13. The van der Waals surface area contributed by atoms with Crippen molar-refractivity contribution in [3.05, 3.63) is 53.8 Å². The highest BCUT2D eigenvalue weighted by Crippen LogP contribution is 2.17. The normalized spacial score (nSPS) is 11.2. The molecule has 3 aromatic heterocycles. The molecule has 0 aliphatic rings. The zero-order valence-corrected chi connectivity index (χ0v) is 14.9. The number of fused-ring (bicyclic) bond motifs is 1. The average Bonchev–Trinajstić information content (AvgIpc) is 3.27. The lowest BCUT2D eigenvalue weighted by molar-refractivity contribution is 0.678. The number of nitrogens with zero attached hydrogens (tertiary/aromatic N) is 5. The fourth-order valence-electron chi connectivity index (χ4n) is 2.88. The summed E-state index contributed by atoms with van der Waals surface area (Å²) in [6.07, 6.45) is 5.60. The standard InChI is InChI=1S/C18H25N7/c1-4-8-20-13(3)17-14(5-2)10-24(23-17)11-15-6-7-16(9-19)25-18(15)21-12-22-25/h6-7,10,12,20H,3-5,8-9,11,19H2,1-2H3. The van der Waals surface area contributed by atoms with Crippen LogP contribution in [0.1, 0.15) is 42.8 Å². The third-order valence-electron chi connectivity index (χ3n) is 4.22. The molecule has 3 aromatic rings. The topological polar surface area (TPSA) is 86.1 Å². The second-order valence-electron chi connectivity index (χ2n) is 6.01. The van der Waals surface area contributed by atoms with Crippen LogP contribution < -0.4 is 11.1 Å². The van der Waals surface area contributed by atoms with E-state index in [4.69, 9.17) is 10.8 Å². The molecule has 0 spiro atoms. The van der Waals surface area contributed by atoms with Crippen molar-refractivity contribution in [2.75, 3.05) is 6.54 Å². The molecule has 0 aliphatic heterocycles. The Bertz CT molecular complexity index is 875. The van der Waals surface area contributed by atoms with E-state index < -0.39 is 0 Å². The van der Waals surface area contributed by atoms with Crippen molar-refractivity contribution in [3.8, 4) is 0 Å². The number of aromatic nitrogens is 5. The van der Waals surface area contributed by atoms with Gasteiger partial charge in [0.15, 0.2) is 5.65 Å². The fourth-order valence-corrected chi connectivity index (χ4v) is 2.88. The van der Waals surface area contributed by atoms with Gasteiger partial charge in [0.1, 0.15) is 12.0 Å². The number of rotatable bonds is 8. The number of aryl methyl sites for hydroxylation is 1. The van der Waals surface area contributed by atoms with E-state index in [0.717, 1.165) is 47.7 Å². The molecule has 3 rings (SSSR count). The van der Waals surface area contributed by atoms with Crippen LogP contribution >= 0.6 is 0 Å². The maximum Gasteiger partial charge on any atom is 0.160 e. The van der Waals surface area contributed by atoms with Gasteiger partial charge in [-0.15, -0.1) is 0 Å². The Morgan fingerprint density at radius 3 is 2.84 bits per heavy atom. The van der Waals surface area contributed by atoms with E-state index in [1.807, 2.05) is 16.8 Å². The molecular weight excluding hydrogens is 314 g/mol. The number of hydrogen-bond acceptors (Lipinski definition) is 5. The summed E-state index contributed by atoms with van der Waals surface area (Å²) in [6.45, 7) is 10.3. The van der Waals surface area contributed by atoms with Crippen molar-refractivity contribution in [3.63, 3.8) is 0 Å². The maximum absolute atomic E-state index is 5.77. The summed E-state index contributed by atoms with van der Waals surface area (Å²) in [5.74, 6) is 0. The van der Waals surface area contributed by atoms with Crippen molar-refractivity contribution in [1.82, 2.24) is 29.7 Å². The second kappa shape index (κ2) is 7.48. The van der Waals surface area contributed by atoms with Crippen LogP contribution in [0, 0.1) is 0 Å². The molecule has 0 saturated heterocycles. The monoisotopic (exact) mass is 339 g/mol. The Balaban J connectivity index is 1.90. The molecule has 132 valence electrons. The van der Waals surface area contributed by atoms with Crippen LogP contribution in [0.4, 0.5) is 0 Å². The third-order valence-corrected chi connectivity index (χ3v) is 4.22.